The van der Waals surface area contributed by atoms with Crippen LogP contribution in [0.15, 0.2) is 57.0 Å². The zero-order valence-corrected chi connectivity index (χ0v) is 14.5. The number of aromatic amines is 1. The number of aromatic carboxylic acids is 1. The summed E-state index contributed by atoms with van der Waals surface area (Å²) < 4.78 is 13.9. The van der Waals surface area contributed by atoms with E-state index in [4.69, 9.17) is 5.11 Å². The van der Waals surface area contributed by atoms with Crippen molar-refractivity contribution in [2.75, 3.05) is 0 Å². The molecule has 0 aliphatic rings. The minimum atomic E-state index is -1.14. The Hall–Kier alpha value is -4.01. The summed E-state index contributed by atoms with van der Waals surface area (Å²) in [6.07, 6.45) is 1.03. The molecule has 1 heterocycles. The topological polar surface area (TPSA) is 125 Å². The van der Waals surface area contributed by atoms with E-state index in [1.165, 1.54) is 24.3 Å². The SMILES string of the molecule is Cc1ccc(C(=O)O)cc1N=Cc1c(O)n(-c2ccc(F)cc2)c(=O)[nH]c1=O. The number of aliphatic imine (C=N–C) groups is 1. The van der Waals surface area contributed by atoms with Crippen LogP contribution in [0.4, 0.5) is 10.1 Å². The molecule has 9 heteroatoms. The molecule has 3 aromatic rings. The van der Waals surface area contributed by atoms with Crippen LogP contribution in [0.3, 0.4) is 0 Å². The van der Waals surface area contributed by atoms with E-state index in [0.717, 1.165) is 22.9 Å². The molecule has 8 nitrogen and oxygen atoms in total. The lowest BCUT2D eigenvalue weighted by Crippen LogP contribution is -2.31. The van der Waals surface area contributed by atoms with Gasteiger partial charge in [-0.1, -0.05) is 6.07 Å². The standard InChI is InChI=1S/C19H14FN3O5/c1-10-2-3-11(18(26)27)8-15(10)21-9-14-16(24)22-19(28)23(17(14)25)13-6-4-12(20)5-7-13/h2-9,25H,1H3,(H,26,27)(H,22,24,28). The lowest BCUT2D eigenvalue weighted by atomic mass is 10.1. The lowest BCUT2D eigenvalue weighted by Gasteiger charge is -2.09. The largest absolute Gasteiger partial charge is 0.493 e. The fourth-order valence-corrected chi connectivity index (χ4v) is 2.50. The Morgan fingerprint density at radius 2 is 1.86 bits per heavy atom. The van der Waals surface area contributed by atoms with Gasteiger partial charge in [-0.15, -0.1) is 0 Å². The number of carbonyl (C=O) groups is 1. The molecular weight excluding hydrogens is 369 g/mol. The third kappa shape index (κ3) is 3.58. The Bertz CT molecular complexity index is 1210. The molecule has 0 amide bonds. The molecule has 3 rings (SSSR count). The number of carboxylic acid groups (broad SMARTS) is 1. The molecule has 28 heavy (non-hydrogen) atoms. The number of hydrogen-bond donors (Lipinski definition) is 3. The number of nitrogens with zero attached hydrogens (tertiary/aromatic N) is 2. The van der Waals surface area contributed by atoms with E-state index in [1.807, 2.05) is 0 Å². The van der Waals surface area contributed by atoms with Gasteiger partial charge in [0.25, 0.3) is 5.56 Å². The van der Waals surface area contributed by atoms with Gasteiger partial charge in [-0.3, -0.25) is 14.8 Å². The predicted octanol–water partition coefficient (Wildman–Crippen LogP) is 2.13. The Labute approximate surface area is 156 Å². The van der Waals surface area contributed by atoms with E-state index in [-0.39, 0.29) is 22.5 Å². The van der Waals surface area contributed by atoms with Crippen LogP contribution in [0.25, 0.3) is 5.69 Å². The average Bonchev–Trinajstić information content (AvgIpc) is 2.64. The highest BCUT2D eigenvalue weighted by Gasteiger charge is 2.14. The van der Waals surface area contributed by atoms with E-state index < -0.39 is 28.9 Å². The smallest absolute Gasteiger partial charge is 0.335 e. The maximum Gasteiger partial charge on any atom is 0.335 e. The Kier molecular flexibility index (Phi) is 4.90. The third-order valence-electron chi connectivity index (χ3n) is 3.99. The molecule has 0 spiro atoms. The molecule has 2 aromatic carbocycles. The van der Waals surface area contributed by atoms with Crippen LogP contribution < -0.4 is 11.2 Å². The van der Waals surface area contributed by atoms with Crippen LogP contribution in [0.5, 0.6) is 5.88 Å². The normalized spacial score (nSPS) is 11.1. The van der Waals surface area contributed by atoms with E-state index in [0.29, 0.717) is 5.56 Å². The van der Waals surface area contributed by atoms with E-state index in [2.05, 4.69) is 9.98 Å². The first-order chi connectivity index (χ1) is 13.3. The maximum atomic E-state index is 13.1. The second-order valence-electron chi connectivity index (χ2n) is 5.87. The van der Waals surface area contributed by atoms with Crippen molar-refractivity contribution in [3.63, 3.8) is 0 Å². The molecule has 3 N–H and O–H groups in total. The number of benzene rings is 2. The predicted molar refractivity (Wildman–Crippen MR) is 99.7 cm³/mol. The summed E-state index contributed by atoms with van der Waals surface area (Å²) in [5.41, 5.74) is -1.04. The minimum Gasteiger partial charge on any atom is -0.493 e. The van der Waals surface area contributed by atoms with Crippen molar-refractivity contribution >= 4 is 17.9 Å². The van der Waals surface area contributed by atoms with Crippen molar-refractivity contribution < 1.29 is 19.4 Å². The number of carboxylic acids is 1. The molecule has 0 saturated heterocycles. The van der Waals surface area contributed by atoms with E-state index in [1.54, 1.807) is 13.0 Å². The van der Waals surface area contributed by atoms with Crippen molar-refractivity contribution in [3.05, 3.63) is 85.8 Å². The van der Waals surface area contributed by atoms with Crippen LogP contribution in [0, 0.1) is 12.7 Å². The van der Waals surface area contributed by atoms with Crippen LogP contribution in [0.1, 0.15) is 21.5 Å². The second-order valence-corrected chi connectivity index (χ2v) is 5.87. The van der Waals surface area contributed by atoms with Gasteiger partial charge in [-0.25, -0.2) is 18.5 Å². The van der Waals surface area contributed by atoms with Crippen molar-refractivity contribution in [3.8, 4) is 11.6 Å². The molecule has 0 aliphatic heterocycles. The molecule has 0 saturated carbocycles. The molecule has 0 bridgehead atoms. The molecule has 142 valence electrons. The molecule has 1 aromatic heterocycles. The highest BCUT2D eigenvalue weighted by Crippen LogP contribution is 2.21. The number of aromatic hydroxyl groups is 1. The highest BCUT2D eigenvalue weighted by molar-refractivity contribution is 5.90. The van der Waals surface area contributed by atoms with Crippen molar-refractivity contribution in [1.82, 2.24) is 9.55 Å². The number of H-pyrrole nitrogens is 1. The molecular formula is C19H14FN3O5. The lowest BCUT2D eigenvalue weighted by molar-refractivity contribution is 0.0697. The van der Waals surface area contributed by atoms with E-state index >= 15 is 0 Å². The molecule has 0 aliphatic carbocycles. The second kappa shape index (κ2) is 7.31. The number of hydrogen-bond acceptors (Lipinski definition) is 5. The van der Waals surface area contributed by atoms with Gasteiger partial charge in [0.1, 0.15) is 11.4 Å². The molecule has 0 atom stereocenters. The fraction of sp³-hybridized carbons (Fsp3) is 0.0526. The summed E-state index contributed by atoms with van der Waals surface area (Å²) in [6, 6.07) is 9.00. The van der Waals surface area contributed by atoms with E-state index in [9.17, 15) is 23.9 Å². The first-order valence-electron chi connectivity index (χ1n) is 8.00. The van der Waals surface area contributed by atoms with Gasteiger partial charge in [0.05, 0.1) is 16.9 Å². The molecule has 0 radical (unpaired) electrons. The molecule has 0 unspecified atom stereocenters. The maximum absolute atomic E-state index is 13.1. The highest BCUT2D eigenvalue weighted by atomic mass is 19.1. The number of rotatable bonds is 4. The zero-order valence-electron chi connectivity index (χ0n) is 14.5. The summed E-state index contributed by atoms with van der Waals surface area (Å²) in [6.45, 7) is 1.70. The number of aromatic nitrogens is 2. The van der Waals surface area contributed by atoms with Crippen molar-refractivity contribution in [2.45, 2.75) is 6.92 Å². The first-order valence-corrected chi connectivity index (χ1v) is 8.00. The summed E-state index contributed by atoms with van der Waals surface area (Å²) in [5, 5.41) is 19.5. The number of halogens is 1. The van der Waals surface area contributed by atoms with Crippen LogP contribution in [-0.4, -0.2) is 31.9 Å². The summed E-state index contributed by atoms with van der Waals surface area (Å²) in [7, 11) is 0. The number of aryl methyl sites for hydroxylation is 1. The first kappa shape index (κ1) is 18.8. The van der Waals surface area contributed by atoms with Gasteiger partial charge in [0.2, 0.25) is 5.88 Å². The zero-order chi connectivity index (χ0) is 20.4. The van der Waals surface area contributed by atoms with Crippen molar-refractivity contribution in [2.24, 2.45) is 4.99 Å². The monoisotopic (exact) mass is 383 g/mol. The van der Waals surface area contributed by atoms with Crippen LogP contribution >= 0.6 is 0 Å². The summed E-state index contributed by atoms with van der Waals surface area (Å²) in [4.78, 5) is 41.4. The van der Waals surface area contributed by atoms with Gasteiger partial charge in [-0.2, -0.15) is 0 Å². The van der Waals surface area contributed by atoms with Gasteiger partial charge in [-0.05, 0) is 48.9 Å². The van der Waals surface area contributed by atoms with Crippen molar-refractivity contribution in [1.29, 1.82) is 0 Å². The average molecular weight is 383 g/mol. The Balaban J connectivity index is 2.12. The minimum absolute atomic E-state index is 0.00663. The third-order valence-corrected chi connectivity index (χ3v) is 3.99. The number of nitrogens with one attached hydrogen (secondary N) is 1. The van der Waals surface area contributed by atoms with Gasteiger partial charge in [0, 0.05) is 6.21 Å². The van der Waals surface area contributed by atoms with Crippen LogP contribution in [-0.2, 0) is 0 Å². The Morgan fingerprint density at radius 3 is 2.50 bits per heavy atom. The Morgan fingerprint density at radius 1 is 1.18 bits per heavy atom. The van der Waals surface area contributed by atoms with Crippen LogP contribution in [0.2, 0.25) is 0 Å². The van der Waals surface area contributed by atoms with Gasteiger partial charge in [0.15, 0.2) is 0 Å². The van der Waals surface area contributed by atoms with Gasteiger partial charge >= 0.3 is 11.7 Å². The van der Waals surface area contributed by atoms with Gasteiger partial charge < -0.3 is 10.2 Å². The quantitative estimate of drug-likeness (QED) is 0.595. The summed E-state index contributed by atoms with van der Waals surface area (Å²) in [5.74, 6) is -2.35. The summed E-state index contributed by atoms with van der Waals surface area (Å²) >= 11 is 0. The molecule has 0 fully saturated rings. The fourth-order valence-electron chi connectivity index (χ4n) is 2.50.